The lowest BCUT2D eigenvalue weighted by Gasteiger charge is -2.15. The molecule has 0 radical (unpaired) electrons. The molecule has 0 aliphatic heterocycles. The van der Waals surface area contributed by atoms with E-state index in [2.05, 4.69) is 10.4 Å². The van der Waals surface area contributed by atoms with E-state index in [1.54, 1.807) is 18.2 Å². The lowest BCUT2D eigenvalue weighted by atomic mass is 9.95. The molecule has 1 aliphatic carbocycles. The molecule has 10 heteroatoms. The molecule has 1 aliphatic rings. The first-order valence-electron chi connectivity index (χ1n) is 8.49. The number of rotatable bonds is 3. The van der Waals surface area contributed by atoms with Gasteiger partial charge in [-0.05, 0) is 43.9 Å². The molecule has 0 atom stereocenters. The first kappa shape index (κ1) is 19.9. The zero-order valence-corrected chi connectivity index (χ0v) is 14.8. The van der Waals surface area contributed by atoms with Crippen LogP contribution in [-0.4, -0.2) is 9.78 Å². The van der Waals surface area contributed by atoms with Gasteiger partial charge in [-0.1, -0.05) is 0 Å². The molecule has 0 saturated carbocycles. The highest BCUT2D eigenvalue weighted by atomic mass is 19.4. The Morgan fingerprint density at radius 1 is 1.07 bits per heavy atom. The molecule has 0 fully saturated rings. The Labute approximate surface area is 162 Å². The van der Waals surface area contributed by atoms with Gasteiger partial charge in [0, 0.05) is 16.9 Å². The average Bonchev–Trinajstić information content (AvgIpc) is 3.08. The van der Waals surface area contributed by atoms with Crippen molar-refractivity contribution < 1.29 is 17.6 Å². The highest BCUT2D eigenvalue weighted by Gasteiger charge is 2.40. The molecule has 0 amide bonds. The lowest BCUT2D eigenvalue weighted by Crippen LogP contribution is -2.11. The van der Waals surface area contributed by atoms with Gasteiger partial charge >= 0.3 is 6.18 Å². The van der Waals surface area contributed by atoms with Gasteiger partial charge in [-0.2, -0.15) is 34.1 Å². The minimum Gasteiger partial charge on any atom is -0.345 e. The van der Waals surface area contributed by atoms with Gasteiger partial charge in [0.25, 0.3) is 0 Å². The Morgan fingerprint density at radius 3 is 2.34 bits per heavy atom. The highest BCUT2D eigenvalue weighted by molar-refractivity contribution is 5.60. The fraction of sp³-hybridized carbons (Fsp3) is 0.263. The molecule has 146 valence electrons. The van der Waals surface area contributed by atoms with Crippen molar-refractivity contribution in [3.05, 3.63) is 52.2 Å². The molecule has 29 heavy (non-hydrogen) atoms. The molecule has 1 N–H and O–H groups in total. The number of hydrogen-bond donors (Lipinski definition) is 1. The summed E-state index contributed by atoms with van der Waals surface area (Å²) in [6.45, 7) is 0. The van der Waals surface area contributed by atoms with Crippen LogP contribution in [0.3, 0.4) is 0 Å². The van der Waals surface area contributed by atoms with Crippen LogP contribution >= 0.6 is 0 Å². The lowest BCUT2D eigenvalue weighted by molar-refractivity contribution is -0.142. The molecule has 0 unspecified atom stereocenters. The van der Waals surface area contributed by atoms with Gasteiger partial charge in [0.1, 0.15) is 29.6 Å². The van der Waals surface area contributed by atoms with Crippen LogP contribution < -0.4 is 5.32 Å². The molecule has 3 rings (SSSR count). The van der Waals surface area contributed by atoms with E-state index in [-0.39, 0.29) is 29.1 Å². The van der Waals surface area contributed by atoms with Gasteiger partial charge in [-0.25, -0.2) is 9.07 Å². The van der Waals surface area contributed by atoms with Crippen molar-refractivity contribution >= 4 is 5.69 Å². The predicted octanol–water partition coefficient (Wildman–Crippen LogP) is 4.15. The summed E-state index contributed by atoms with van der Waals surface area (Å²) in [5.41, 5.74) is -1.53. The molecule has 2 aromatic rings. The van der Waals surface area contributed by atoms with E-state index in [0.29, 0.717) is 25.0 Å². The third-order valence-corrected chi connectivity index (χ3v) is 4.48. The van der Waals surface area contributed by atoms with Gasteiger partial charge in [0.05, 0.1) is 0 Å². The summed E-state index contributed by atoms with van der Waals surface area (Å²) in [5, 5.41) is 32.8. The van der Waals surface area contributed by atoms with E-state index in [1.165, 1.54) is 12.1 Å². The number of aromatic nitrogens is 2. The molecule has 1 aromatic carbocycles. The maximum atomic E-state index is 14.7. The standard InChI is InChI=1S/C19H12F4N6/c20-14-7-12(27-15(10-26)11(8-24)9-25)5-6-17(14)29-16-4-2-1-3-13(16)18(28-29)19(21,22)23/h5-7,27H,1-4H2. The second kappa shape index (κ2) is 7.65. The maximum absolute atomic E-state index is 14.7. The number of halogens is 4. The second-order valence-electron chi connectivity index (χ2n) is 6.27. The van der Waals surface area contributed by atoms with Gasteiger partial charge in [0.2, 0.25) is 0 Å². The van der Waals surface area contributed by atoms with Gasteiger partial charge in [-0.15, -0.1) is 0 Å². The summed E-state index contributed by atoms with van der Waals surface area (Å²) in [4.78, 5) is 0. The minimum atomic E-state index is -4.64. The molecule has 0 spiro atoms. The van der Waals surface area contributed by atoms with Crippen LogP contribution in [0.15, 0.2) is 29.5 Å². The Kier molecular flexibility index (Phi) is 5.25. The van der Waals surface area contributed by atoms with E-state index in [9.17, 15) is 17.6 Å². The van der Waals surface area contributed by atoms with Gasteiger partial charge in [0.15, 0.2) is 17.1 Å². The number of alkyl halides is 3. The Balaban J connectivity index is 2.04. The van der Waals surface area contributed by atoms with E-state index in [0.717, 1.165) is 10.7 Å². The van der Waals surface area contributed by atoms with Gasteiger partial charge < -0.3 is 5.32 Å². The average molecular weight is 400 g/mol. The van der Waals surface area contributed by atoms with Crippen LogP contribution in [0.4, 0.5) is 23.2 Å². The first-order valence-corrected chi connectivity index (χ1v) is 8.49. The van der Waals surface area contributed by atoms with Crippen LogP contribution in [0.2, 0.25) is 0 Å². The van der Waals surface area contributed by atoms with Crippen molar-refractivity contribution in [3.8, 4) is 23.9 Å². The number of nitriles is 3. The number of allylic oxidation sites excluding steroid dienone is 2. The number of anilines is 1. The number of fused-ring (bicyclic) bond motifs is 1. The van der Waals surface area contributed by atoms with Crippen LogP contribution in [0.1, 0.15) is 29.8 Å². The second-order valence-corrected chi connectivity index (χ2v) is 6.27. The van der Waals surface area contributed by atoms with Crippen LogP contribution in [0, 0.1) is 39.8 Å². The molecule has 6 nitrogen and oxygen atoms in total. The Hall–Kier alpha value is -3.84. The number of hydrogen-bond acceptors (Lipinski definition) is 5. The van der Waals surface area contributed by atoms with Crippen molar-refractivity contribution in [3.63, 3.8) is 0 Å². The third kappa shape index (κ3) is 3.76. The molecule has 1 heterocycles. The van der Waals surface area contributed by atoms with E-state index in [1.807, 2.05) is 0 Å². The molecular formula is C19H12F4N6. The number of nitrogens with one attached hydrogen (secondary N) is 1. The fourth-order valence-electron chi connectivity index (χ4n) is 3.21. The molecule has 0 saturated heterocycles. The Bertz CT molecular complexity index is 1110. The van der Waals surface area contributed by atoms with E-state index in [4.69, 9.17) is 15.8 Å². The van der Waals surface area contributed by atoms with Crippen molar-refractivity contribution in [1.82, 2.24) is 9.78 Å². The monoisotopic (exact) mass is 400 g/mol. The summed E-state index contributed by atoms with van der Waals surface area (Å²) >= 11 is 0. The summed E-state index contributed by atoms with van der Waals surface area (Å²) < 4.78 is 55.7. The fourth-order valence-corrected chi connectivity index (χ4v) is 3.21. The third-order valence-electron chi connectivity index (χ3n) is 4.48. The van der Waals surface area contributed by atoms with Crippen LogP contribution in [-0.2, 0) is 19.0 Å². The van der Waals surface area contributed by atoms with Gasteiger partial charge in [-0.3, -0.25) is 0 Å². The van der Waals surface area contributed by atoms with E-state index < -0.39 is 23.3 Å². The topological polar surface area (TPSA) is 101 Å². The summed E-state index contributed by atoms with van der Waals surface area (Å²) in [5.74, 6) is -0.868. The molecule has 1 aromatic heterocycles. The molecule has 0 bridgehead atoms. The van der Waals surface area contributed by atoms with Crippen molar-refractivity contribution in [2.45, 2.75) is 31.9 Å². The zero-order valence-electron chi connectivity index (χ0n) is 14.8. The number of nitrogens with zero attached hydrogens (tertiary/aromatic N) is 5. The normalized spacial score (nSPS) is 12.9. The van der Waals surface area contributed by atoms with Crippen molar-refractivity contribution in [2.24, 2.45) is 0 Å². The molecular weight excluding hydrogens is 388 g/mol. The summed E-state index contributed by atoms with van der Waals surface area (Å²) in [6.07, 6.45) is -2.77. The smallest absolute Gasteiger partial charge is 0.345 e. The summed E-state index contributed by atoms with van der Waals surface area (Å²) in [6, 6.07) is 8.24. The minimum absolute atomic E-state index is 0.0582. The van der Waals surface area contributed by atoms with Crippen LogP contribution in [0.5, 0.6) is 0 Å². The maximum Gasteiger partial charge on any atom is 0.435 e. The SMILES string of the molecule is N#CC(C#N)=C(C#N)Nc1ccc(-n2nc(C(F)(F)F)c3c2CCCC3)c(F)c1. The van der Waals surface area contributed by atoms with Crippen LogP contribution in [0.25, 0.3) is 5.69 Å². The highest BCUT2D eigenvalue weighted by Crippen LogP contribution is 2.37. The predicted molar refractivity (Wildman–Crippen MR) is 92.7 cm³/mol. The van der Waals surface area contributed by atoms with Crippen molar-refractivity contribution in [1.29, 1.82) is 15.8 Å². The zero-order chi connectivity index (χ0) is 21.2. The quantitative estimate of drug-likeness (QED) is 0.616. The number of benzene rings is 1. The first-order chi connectivity index (χ1) is 13.8. The van der Waals surface area contributed by atoms with Crippen molar-refractivity contribution in [2.75, 3.05) is 5.32 Å². The Morgan fingerprint density at radius 2 is 1.76 bits per heavy atom. The summed E-state index contributed by atoms with van der Waals surface area (Å²) in [7, 11) is 0. The largest absolute Gasteiger partial charge is 0.435 e. The van der Waals surface area contributed by atoms with E-state index >= 15 is 0 Å².